The molecule has 0 spiro atoms. The summed E-state index contributed by atoms with van der Waals surface area (Å²) in [5, 5.41) is 9.25. The molecule has 3 heteroatoms. The Morgan fingerprint density at radius 1 is 1.33 bits per heavy atom. The minimum absolute atomic E-state index is 0.0713. The zero-order valence-corrected chi connectivity index (χ0v) is 11.9. The summed E-state index contributed by atoms with van der Waals surface area (Å²) < 4.78 is 0. The topological polar surface area (TPSA) is 40.5 Å². The molecule has 0 radical (unpaired) electrons. The lowest BCUT2D eigenvalue weighted by atomic mass is 9.97. The third-order valence-corrected chi connectivity index (χ3v) is 3.86. The molecule has 1 rings (SSSR count). The molecule has 100 valence electrons. The van der Waals surface area contributed by atoms with Gasteiger partial charge >= 0.3 is 5.97 Å². The zero-order valence-electron chi connectivity index (χ0n) is 11.9. The first-order chi connectivity index (χ1) is 8.30. The minimum atomic E-state index is -0.872. The number of hydrogen-bond acceptors (Lipinski definition) is 2. The van der Waals surface area contributed by atoms with Gasteiger partial charge in [-0.15, -0.1) is 0 Å². The summed E-state index contributed by atoms with van der Waals surface area (Å²) >= 11 is 0. The Hall–Kier alpha value is -1.35. The molecule has 0 amide bonds. The van der Waals surface area contributed by atoms with Gasteiger partial charge in [-0.2, -0.15) is 0 Å². The fourth-order valence-corrected chi connectivity index (χ4v) is 1.89. The summed E-state index contributed by atoms with van der Waals surface area (Å²) in [5.41, 5.74) is 1.57. The Kier molecular flexibility index (Phi) is 4.52. The van der Waals surface area contributed by atoms with E-state index in [1.54, 1.807) is 13.8 Å². The van der Waals surface area contributed by atoms with E-state index in [0.29, 0.717) is 0 Å². The van der Waals surface area contributed by atoms with Gasteiger partial charge in [-0.1, -0.05) is 31.2 Å². The van der Waals surface area contributed by atoms with Gasteiger partial charge in [0, 0.05) is 6.04 Å². The fourth-order valence-electron chi connectivity index (χ4n) is 1.89. The Labute approximate surface area is 109 Å². The van der Waals surface area contributed by atoms with Gasteiger partial charge in [-0.05, 0) is 45.4 Å². The number of aryl methyl sites for hydroxylation is 1. The summed E-state index contributed by atoms with van der Waals surface area (Å²) in [7, 11) is 1.85. The molecule has 18 heavy (non-hydrogen) atoms. The molecule has 0 aromatic heterocycles. The maximum Gasteiger partial charge on any atom is 0.323 e. The van der Waals surface area contributed by atoms with Crippen molar-refractivity contribution >= 4 is 5.97 Å². The second-order valence-electron chi connectivity index (χ2n) is 5.25. The summed E-state index contributed by atoms with van der Waals surface area (Å²) in [4.78, 5) is 13.1. The van der Waals surface area contributed by atoms with Crippen LogP contribution in [0.25, 0.3) is 0 Å². The summed E-state index contributed by atoms with van der Waals surface area (Å²) in [6.07, 6.45) is 1.02. The van der Waals surface area contributed by atoms with Crippen LogP contribution < -0.4 is 0 Å². The van der Waals surface area contributed by atoms with Crippen molar-refractivity contribution in [2.75, 3.05) is 7.05 Å². The van der Waals surface area contributed by atoms with Crippen LogP contribution in [0.3, 0.4) is 0 Å². The summed E-state index contributed by atoms with van der Waals surface area (Å²) in [6, 6.07) is 8.44. The third-order valence-electron chi connectivity index (χ3n) is 3.86. The van der Waals surface area contributed by atoms with Crippen molar-refractivity contribution in [1.29, 1.82) is 0 Å². The molecular formula is C15H23NO2. The standard InChI is InChI=1S/C15H23NO2/c1-6-12-7-9-13(10-8-12)11(2)16(5)15(3,4)14(17)18/h7-11H,6H2,1-5H3,(H,17,18). The highest BCUT2D eigenvalue weighted by atomic mass is 16.4. The molecule has 0 bridgehead atoms. The van der Waals surface area contributed by atoms with Crippen molar-refractivity contribution in [2.45, 2.75) is 45.7 Å². The SMILES string of the molecule is CCc1ccc(C(C)N(C)C(C)(C)C(=O)O)cc1. The van der Waals surface area contributed by atoms with Crippen LogP contribution in [0.4, 0.5) is 0 Å². The second-order valence-corrected chi connectivity index (χ2v) is 5.25. The van der Waals surface area contributed by atoms with Crippen molar-refractivity contribution in [2.24, 2.45) is 0 Å². The number of carboxylic acid groups (broad SMARTS) is 1. The molecule has 1 aromatic rings. The molecule has 0 fully saturated rings. The molecule has 0 aliphatic heterocycles. The normalized spacial score (nSPS) is 13.7. The van der Waals surface area contributed by atoms with E-state index in [9.17, 15) is 9.90 Å². The summed E-state index contributed by atoms with van der Waals surface area (Å²) in [6.45, 7) is 7.61. The Morgan fingerprint density at radius 2 is 1.83 bits per heavy atom. The van der Waals surface area contributed by atoms with Crippen molar-refractivity contribution in [3.05, 3.63) is 35.4 Å². The van der Waals surface area contributed by atoms with E-state index in [1.807, 2.05) is 18.9 Å². The first-order valence-corrected chi connectivity index (χ1v) is 6.35. The van der Waals surface area contributed by atoms with Crippen molar-refractivity contribution in [3.63, 3.8) is 0 Å². The molecule has 1 N–H and O–H groups in total. The molecular weight excluding hydrogens is 226 g/mol. The van der Waals surface area contributed by atoms with Crippen LogP contribution in [-0.2, 0) is 11.2 Å². The smallest absolute Gasteiger partial charge is 0.323 e. The lowest BCUT2D eigenvalue weighted by Crippen LogP contribution is -2.48. The van der Waals surface area contributed by atoms with Gasteiger partial charge in [-0.25, -0.2) is 0 Å². The lowest BCUT2D eigenvalue weighted by Gasteiger charge is -2.36. The van der Waals surface area contributed by atoms with Gasteiger partial charge in [0.15, 0.2) is 0 Å². The quantitative estimate of drug-likeness (QED) is 0.871. The monoisotopic (exact) mass is 249 g/mol. The van der Waals surface area contributed by atoms with E-state index in [0.717, 1.165) is 12.0 Å². The molecule has 1 atom stereocenters. The van der Waals surface area contributed by atoms with Crippen molar-refractivity contribution in [1.82, 2.24) is 4.90 Å². The first kappa shape index (κ1) is 14.7. The van der Waals surface area contributed by atoms with Crippen LogP contribution in [-0.4, -0.2) is 28.6 Å². The number of carboxylic acids is 1. The van der Waals surface area contributed by atoms with E-state index in [-0.39, 0.29) is 6.04 Å². The second kappa shape index (κ2) is 5.53. The maximum absolute atomic E-state index is 11.3. The zero-order chi connectivity index (χ0) is 13.9. The van der Waals surface area contributed by atoms with Crippen molar-refractivity contribution < 1.29 is 9.90 Å². The Bertz CT molecular complexity index is 409. The number of nitrogens with zero attached hydrogens (tertiary/aromatic N) is 1. The molecule has 0 heterocycles. The number of hydrogen-bond donors (Lipinski definition) is 1. The number of rotatable bonds is 5. The molecule has 0 saturated heterocycles. The van der Waals surface area contributed by atoms with Gasteiger partial charge in [-0.3, -0.25) is 9.69 Å². The van der Waals surface area contributed by atoms with E-state index >= 15 is 0 Å². The van der Waals surface area contributed by atoms with Crippen molar-refractivity contribution in [3.8, 4) is 0 Å². The molecule has 0 saturated carbocycles. The highest BCUT2D eigenvalue weighted by Crippen LogP contribution is 2.26. The summed E-state index contributed by atoms with van der Waals surface area (Å²) in [5.74, 6) is -0.804. The molecule has 3 nitrogen and oxygen atoms in total. The molecule has 0 aliphatic carbocycles. The van der Waals surface area contributed by atoms with E-state index in [1.165, 1.54) is 5.56 Å². The van der Waals surface area contributed by atoms with Crippen LogP contribution in [0.15, 0.2) is 24.3 Å². The maximum atomic E-state index is 11.3. The average molecular weight is 249 g/mol. The van der Waals surface area contributed by atoms with Crippen LogP contribution in [0.5, 0.6) is 0 Å². The van der Waals surface area contributed by atoms with E-state index in [2.05, 4.69) is 31.2 Å². The number of carbonyl (C=O) groups is 1. The Morgan fingerprint density at radius 3 is 2.22 bits per heavy atom. The van der Waals surface area contributed by atoms with Gasteiger partial charge < -0.3 is 5.11 Å². The average Bonchev–Trinajstić information content (AvgIpc) is 2.36. The molecule has 1 unspecified atom stereocenters. The molecule has 1 aromatic carbocycles. The highest BCUT2D eigenvalue weighted by molar-refractivity contribution is 5.77. The van der Waals surface area contributed by atoms with Crippen LogP contribution in [0.1, 0.15) is 44.9 Å². The minimum Gasteiger partial charge on any atom is -0.480 e. The largest absolute Gasteiger partial charge is 0.480 e. The van der Waals surface area contributed by atoms with Crippen LogP contribution in [0.2, 0.25) is 0 Å². The van der Waals surface area contributed by atoms with Gasteiger partial charge in [0.1, 0.15) is 5.54 Å². The van der Waals surface area contributed by atoms with Gasteiger partial charge in [0.25, 0.3) is 0 Å². The number of likely N-dealkylation sites (N-methyl/N-ethyl adjacent to an activating group) is 1. The van der Waals surface area contributed by atoms with Crippen LogP contribution >= 0.6 is 0 Å². The predicted octanol–water partition coefficient (Wildman–Crippen LogP) is 3.11. The lowest BCUT2D eigenvalue weighted by molar-refractivity contribution is -0.149. The number of benzene rings is 1. The predicted molar refractivity (Wildman–Crippen MR) is 73.7 cm³/mol. The fraction of sp³-hybridized carbons (Fsp3) is 0.533. The number of aliphatic carboxylic acids is 1. The molecule has 0 aliphatic rings. The highest BCUT2D eigenvalue weighted by Gasteiger charge is 2.35. The van der Waals surface area contributed by atoms with Crippen LogP contribution in [0, 0.1) is 0 Å². The third kappa shape index (κ3) is 2.91. The van der Waals surface area contributed by atoms with Gasteiger partial charge in [0.2, 0.25) is 0 Å². The van der Waals surface area contributed by atoms with Gasteiger partial charge in [0.05, 0.1) is 0 Å². The van der Waals surface area contributed by atoms with E-state index < -0.39 is 11.5 Å². The first-order valence-electron chi connectivity index (χ1n) is 6.35. The Balaban J connectivity index is 2.92. The van der Waals surface area contributed by atoms with E-state index in [4.69, 9.17) is 0 Å².